The lowest BCUT2D eigenvalue weighted by Crippen LogP contribution is -2.50. The van der Waals surface area contributed by atoms with Crippen molar-refractivity contribution < 1.29 is 14.3 Å². The topological polar surface area (TPSA) is 91.7 Å². The molecular formula is C29H39BrN6O4S. The normalized spacial score (nSPS) is 20.8. The third-order valence-corrected chi connectivity index (χ3v) is 8.91. The summed E-state index contributed by atoms with van der Waals surface area (Å²) in [4.78, 5) is 36.7. The summed E-state index contributed by atoms with van der Waals surface area (Å²) < 4.78 is 13.6. The van der Waals surface area contributed by atoms with Gasteiger partial charge < -0.3 is 24.6 Å². The molecule has 1 aromatic carbocycles. The number of hydrogen-bond acceptors (Lipinski definition) is 9. The van der Waals surface area contributed by atoms with Crippen molar-refractivity contribution in [2.24, 2.45) is 0 Å². The van der Waals surface area contributed by atoms with Crippen molar-refractivity contribution in [3.05, 3.63) is 56.2 Å². The lowest BCUT2D eigenvalue weighted by molar-refractivity contribution is 0.0137. The molecule has 5 rings (SSSR count). The van der Waals surface area contributed by atoms with Gasteiger partial charge in [-0.05, 0) is 73.8 Å². The molecule has 0 radical (unpaired) electrons. The molecule has 2 aliphatic heterocycles. The van der Waals surface area contributed by atoms with Crippen LogP contribution in [0.25, 0.3) is 4.96 Å². The van der Waals surface area contributed by atoms with Gasteiger partial charge in [0.05, 0.1) is 0 Å². The lowest BCUT2D eigenvalue weighted by Gasteiger charge is -2.36. The Balaban J connectivity index is 1.10. The first-order valence-electron chi connectivity index (χ1n) is 14.1. The number of nitrogens with one attached hydrogen (secondary N) is 1. The summed E-state index contributed by atoms with van der Waals surface area (Å²) in [6.45, 7) is 11.9. The Morgan fingerprint density at radius 3 is 2.59 bits per heavy atom. The maximum atomic E-state index is 12.7. The average molecular weight is 648 g/mol. The van der Waals surface area contributed by atoms with Gasteiger partial charge in [0, 0.05) is 63.4 Å². The number of amides is 1. The largest absolute Gasteiger partial charge is 0.492 e. The number of carbonyl (C=O) groups excluding carboxylic acids is 1. The number of piperidine rings is 1. The first-order chi connectivity index (χ1) is 19.6. The molecule has 2 unspecified atom stereocenters. The Bertz CT molecular complexity index is 1400. The summed E-state index contributed by atoms with van der Waals surface area (Å²) in [5, 5.41) is 5.39. The highest BCUT2D eigenvalue weighted by Crippen LogP contribution is 2.30. The van der Waals surface area contributed by atoms with Gasteiger partial charge in [0.25, 0.3) is 5.56 Å². The molecule has 2 saturated heterocycles. The number of nitrogens with zero attached hydrogens (tertiary/aromatic N) is 5. The van der Waals surface area contributed by atoms with E-state index in [0.29, 0.717) is 40.9 Å². The van der Waals surface area contributed by atoms with E-state index in [9.17, 15) is 9.59 Å². The number of carbonyl (C=O) groups is 1. The van der Waals surface area contributed by atoms with Gasteiger partial charge in [-0.1, -0.05) is 12.1 Å². The van der Waals surface area contributed by atoms with Gasteiger partial charge >= 0.3 is 6.09 Å². The third kappa shape index (κ3) is 7.59. The van der Waals surface area contributed by atoms with E-state index in [2.05, 4.69) is 67.3 Å². The van der Waals surface area contributed by atoms with Crippen molar-refractivity contribution >= 4 is 44.1 Å². The van der Waals surface area contributed by atoms with Crippen LogP contribution in [0.5, 0.6) is 5.75 Å². The molecule has 222 valence electrons. The maximum absolute atomic E-state index is 12.7. The van der Waals surface area contributed by atoms with E-state index in [1.54, 1.807) is 15.5 Å². The van der Waals surface area contributed by atoms with Crippen LogP contribution in [-0.4, -0.2) is 101 Å². The number of rotatable bonds is 7. The Hall–Kier alpha value is -2.67. The van der Waals surface area contributed by atoms with Gasteiger partial charge in [0.2, 0.25) is 0 Å². The quantitative estimate of drug-likeness (QED) is 0.405. The first kappa shape index (κ1) is 29.8. The molecule has 0 aliphatic carbocycles. The van der Waals surface area contributed by atoms with E-state index in [-0.39, 0.29) is 17.7 Å². The minimum atomic E-state index is -0.473. The lowest BCUT2D eigenvalue weighted by atomic mass is 9.88. The molecule has 2 aromatic heterocycles. The van der Waals surface area contributed by atoms with Crippen LogP contribution in [0, 0.1) is 0 Å². The summed E-state index contributed by atoms with van der Waals surface area (Å²) in [6.07, 6.45) is 2.45. The summed E-state index contributed by atoms with van der Waals surface area (Å²) >= 11 is 4.90. The van der Waals surface area contributed by atoms with Crippen LogP contribution in [0.1, 0.15) is 38.7 Å². The van der Waals surface area contributed by atoms with E-state index < -0.39 is 5.60 Å². The van der Waals surface area contributed by atoms with Crippen LogP contribution in [0.2, 0.25) is 0 Å². The molecule has 2 atom stereocenters. The molecule has 10 nitrogen and oxygen atoms in total. The molecule has 0 spiro atoms. The average Bonchev–Trinajstić information content (AvgIpc) is 3.40. The highest BCUT2D eigenvalue weighted by molar-refractivity contribution is 9.10. The van der Waals surface area contributed by atoms with E-state index >= 15 is 0 Å². The maximum Gasteiger partial charge on any atom is 0.410 e. The number of halogens is 1. The predicted octanol–water partition coefficient (Wildman–Crippen LogP) is 4.35. The number of thiazole rings is 1. The summed E-state index contributed by atoms with van der Waals surface area (Å²) in [5.41, 5.74) is 0.701. The van der Waals surface area contributed by atoms with Gasteiger partial charge in [0.1, 0.15) is 28.2 Å². The predicted molar refractivity (Wildman–Crippen MR) is 165 cm³/mol. The third-order valence-electron chi connectivity index (χ3n) is 7.44. The van der Waals surface area contributed by atoms with Gasteiger partial charge in [-0.2, -0.15) is 0 Å². The van der Waals surface area contributed by atoms with E-state index in [1.807, 2.05) is 26.2 Å². The van der Waals surface area contributed by atoms with Crippen LogP contribution >= 0.6 is 27.3 Å². The molecular weight excluding hydrogens is 608 g/mol. The fourth-order valence-electron chi connectivity index (χ4n) is 5.42. The fourth-order valence-corrected chi connectivity index (χ4v) is 6.52. The number of piperazine rings is 1. The van der Waals surface area contributed by atoms with Crippen molar-refractivity contribution in [1.82, 2.24) is 24.1 Å². The van der Waals surface area contributed by atoms with Crippen molar-refractivity contribution in [3.63, 3.8) is 0 Å². The Morgan fingerprint density at radius 2 is 1.88 bits per heavy atom. The van der Waals surface area contributed by atoms with Crippen molar-refractivity contribution in [3.8, 4) is 5.75 Å². The monoisotopic (exact) mass is 646 g/mol. The molecule has 0 saturated carbocycles. The second-order valence-electron chi connectivity index (χ2n) is 11.9. The Kier molecular flexibility index (Phi) is 9.22. The number of ether oxygens (including phenoxy) is 2. The zero-order chi connectivity index (χ0) is 29.1. The van der Waals surface area contributed by atoms with Gasteiger partial charge in [0.15, 0.2) is 4.96 Å². The minimum Gasteiger partial charge on any atom is -0.492 e. The van der Waals surface area contributed by atoms with Crippen molar-refractivity contribution in [2.45, 2.75) is 44.8 Å². The molecule has 3 aromatic rings. The van der Waals surface area contributed by atoms with Crippen molar-refractivity contribution in [1.29, 1.82) is 0 Å². The molecule has 12 heteroatoms. The smallest absolute Gasteiger partial charge is 0.410 e. The van der Waals surface area contributed by atoms with Crippen molar-refractivity contribution in [2.75, 3.05) is 64.8 Å². The van der Waals surface area contributed by atoms with Crippen LogP contribution in [-0.2, 0) is 4.74 Å². The van der Waals surface area contributed by atoms with Crippen LogP contribution in [0.3, 0.4) is 0 Å². The highest BCUT2D eigenvalue weighted by atomic mass is 79.9. The zero-order valence-corrected chi connectivity index (χ0v) is 26.5. The van der Waals surface area contributed by atoms with E-state index in [0.717, 1.165) is 44.9 Å². The van der Waals surface area contributed by atoms with E-state index in [1.165, 1.54) is 16.9 Å². The Morgan fingerprint density at radius 1 is 1.15 bits per heavy atom. The molecule has 41 heavy (non-hydrogen) atoms. The summed E-state index contributed by atoms with van der Waals surface area (Å²) in [5.74, 6) is 1.82. The molecule has 4 heterocycles. The van der Waals surface area contributed by atoms with Gasteiger partial charge in [-0.25, -0.2) is 9.78 Å². The number of anilines is 1. The molecule has 1 N–H and O–H groups in total. The van der Waals surface area contributed by atoms with Gasteiger partial charge in [-0.15, -0.1) is 11.3 Å². The van der Waals surface area contributed by atoms with E-state index in [4.69, 9.17) is 9.47 Å². The number of likely N-dealkylation sites (tertiary alicyclic amines) is 1. The molecule has 0 bridgehead atoms. The Labute approximate surface area is 253 Å². The molecule has 1 amide bonds. The molecule has 2 aliphatic rings. The number of likely N-dealkylation sites (N-methyl/N-ethyl adjacent to an activating group) is 1. The van der Waals surface area contributed by atoms with Crippen LogP contribution < -0.4 is 15.6 Å². The second-order valence-corrected chi connectivity index (χ2v) is 13.5. The fraction of sp³-hybridized carbons (Fsp3) is 0.552. The first-order valence-corrected chi connectivity index (χ1v) is 15.8. The van der Waals surface area contributed by atoms with Gasteiger partial charge in [-0.3, -0.25) is 14.1 Å². The van der Waals surface area contributed by atoms with Crippen LogP contribution in [0.4, 0.5) is 10.6 Å². The SMILES string of the molecule is CN1CC(Nc2nc3sccn3c(=O)c2Br)CC(c2ccc(OCCN3CCN(C(=O)OC(C)(C)C)CC3)cc2)C1. The van der Waals surface area contributed by atoms with Crippen LogP contribution in [0.15, 0.2) is 45.1 Å². The summed E-state index contributed by atoms with van der Waals surface area (Å²) in [7, 11) is 2.13. The number of hydrogen-bond donors (Lipinski definition) is 1. The second kappa shape index (κ2) is 12.7. The minimum absolute atomic E-state index is 0.0990. The number of fused-ring (bicyclic) bond motifs is 1. The highest BCUT2D eigenvalue weighted by Gasteiger charge is 2.28. The number of aromatic nitrogens is 2. The number of benzene rings is 1. The zero-order valence-electron chi connectivity index (χ0n) is 24.1. The summed E-state index contributed by atoms with van der Waals surface area (Å²) in [6, 6.07) is 8.59. The standard InChI is InChI=1S/C29H39BrN6O4S/c1-29(2,3)40-28(38)35-11-9-34(10-12-35)13-15-39-23-7-5-20(6-8-23)21-17-22(19-33(4)18-21)31-25-24(30)26(37)36-14-16-41-27(36)32-25/h5-8,14,16,21-22,31H,9-13,15,17-19H2,1-4H3. The molecule has 2 fully saturated rings.